The van der Waals surface area contributed by atoms with Gasteiger partial charge in [-0.15, -0.1) is 0 Å². The van der Waals surface area contributed by atoms with Gasteiger partial charge in [-0.1, -0.05) is 19.9 Å². The van der Waals surface area contributed by atoms with Gasteiger partial charge in [0.2, 0.25) is 11.8 Å². The lowest BCUT2D eigenvalue weighted by Gasteiger charge is -2.24. The molecule has 1 aromatic rings. The molecule has 1 fully saturated rings. The van der Waals surface area contributed by atoms with Crippen LogP contribution in [0.2, 0.25) is 0 Å². The first-order chi connectivity index (χ1) is 9.88. The van der Waals surface area contributed by atoms with Gasteiger partial charge in [-0.3, -0.25) is 9.59 Å². The Bertz CT molecular complexity index is 622. The number of rotatable bonds is 4. The highest BCUT2D eigenvalue weighted by molar-refractivity contribution is 6.24. The molecule has 0 aromatic heterocycles. The summed E-state index contributed by atoms with van der Waals surface area (Å²) >= 11 is 0. The highest BCUT2D eigenvalue weighted by Gasteiger charge is 2.51. The Hall–Kier alpha value is -2.24. The lowest BCUT2D eigenvalue weighted by molar-refractivity contribution is -0.126. The second-order valence-electron chi connectivity index (χ2n) is 5.14. The Kier molecular flexibility index (Phi) is 3.80. The van der Waals surface area contributed by atoms with Crippen molar-refractivity contribution in [2.24, 2.45) is 5.41 Å². The molecule has 0 atom stereocenters. The fraction of sp³-hybridized carbons (Fsp3) is 0.400. The Morgan fingerprint density at radius 3 is 2.43 bits per heavy atom. The van der Waals surface area contributed by atoms with Gasteiger partial charge in [0.15, 0.2) is 0 Å². The van der Waals surface area contributed by atoms with Gasteiger partial charge in [-0.05, 0) is 25.0 Å². The van der Waals surface area contributed by atoms with Crippen LogP contribution in [0.25, 0.3) is 0 Å². The number of carboxylic acid groups (broad SMARTS) is 1. The zero-order valence-corrected chi connectivity index (χ0v) is 11.9. The number of hydrogen-bond acceptors (Lipinski definition) is 3. The number of anilines is 1. The van der Waals surface area contributed by atoms with Gasteiger partial charge in [0.05, 0.1) is 11.0 Å². The van der Waals surface area contributed by atoms with Crippen LogP contribution in [-0.4, -0.2) is 22.9 Å². The summed E-state index contributed by atoms with van der Waals surface area (Å²) in [6, 6.07) is 3.46. The van der Waals surface area contributed by atoms with Crippen molar-refractivity contribution >= 4 is 23.5 Å². The zero-order valence-electron chi connectivity index (χ0n) is 11.9. The molecule has 0 radical (unpaired) electrons. The van der Waals surface area contributed by atoms with Gasteiger partial charge in [0.1, 0.15) is 11.5 Å². The molecular weight excluding hydrogens is 277 g/mol. The number of carbonyl (C=O) groups excluding carboxylic acids is 2. The number of halogens is 1. The maximum Gasteiger partial charge on any atom is 0.337 e. The summed E-state index contributed by atoms with van der Waals surface area (Å²) in [5.74, 6) is -3.35. The third-order valence-corrected chi connectivity index (χ3v) is 4.19. The van der Waals surface area contributed by atoms with Crippen molar-refractivity contribution in [2.75, 3.05) is 4.90 Å². The van der Waals surface area contributed by atoms with E-state index in [0.29, 0.717) is 17.7 Å². The van der Waals surface area contributed by atoms with Crippen LogP contribution in [0.5, 0.6) is 0 Å². The van der Waals surface area contributed by atoms with E-state index >= 15 is 0 Å². The number of para-hydroxylation sites is 1. The van der Waals surface area contributed by atoms with E-state index in [1.54, 1.807) is 13.8 Å². The number of imide groups is 1. The summed E-state index contributed by atoms with van der Waals surface area (Å²) in [6.07, 6.45) is 0.870. The third-order valence-electron chi connectivity index (χ3n) is 4.19. The van der Waals surface area contributed by atoms with Crippen molar-refractivity contribution in [3.8, 4) is 0 Å². The Labute approximate surface area is 121 Å². The van der Waals surface area contributed by atoms with Crippen molar-refractivity contribution in [2.45, 2.75) is 33.1 Å². The first-order valence-electron chi connectivity index (χ1n) is 6.77. The molecule has 1 aliphatic rings. The van der Waals surface area contributed by atoms with Crippen LogP contribution < -0.4 is 4.90 Å². The number of amides is 2. The second-order valence-corrected chi connectivity index (χ2v) is 5.14. The molecule has 0 aliphatic carbocycles. The Balaban J connectivity index is 2.61. The topological polar surface area (TPSA) is 74.7 Å². The van der Waals surface area contributed by atoms with Gasteiger partial charge in [0.25, 0.3) is 0 Å². The fourth-order valence-corrected chi connectivity index (χ4v) is 2.74. The molecule has 1 heterocycles. The molecule has 1 aromatic carbocycles. The zero-order chi connectivity index (χ0) is 15.8. The Morgan fingerprint density at radius 2 is 1.95 bits per heavy atom. The molecule has 0 spiro atoms. The average molecular weight is 293 g/mol. The highest BCUT2D eigenvalue weighted by Crippen LogP contribution is 2.42. The predicted molar refractivity (Wildman–Crippen MR) is 73.5 cm³/mol. The molecule has 1 aliphatic heterocycles. The van der Waals surface area contributed by atoms with Gasteiger partial charge in [0, 0.05) is 6.42 Å². The molecule has 0 bridgehead atoms. The van der Waals surface area contributed by atoms with E-state index in [-0.39, 0.29) is 12.0 Å². The molecule has 21 heavy (non-hydrogen) atoms. The molecule has 6 heteroatoms. The normalized spacial score (nSPS) is 17.4. The maximum atomic E-state index is 14.1. The van der Waals surface area contributed by atoms with Crippen molar-refractivity contribution in [1.82, 2.24) is 0 Å². The molecule has 1 saturated heterocycles. The number of carbonyl (C=O) groups is 3. The molecule has 2 rings (SSSR count). The summed E-state index contributed by atoms with van der Waals surface area (Å²) < 4.78 is 14.1. The van der Waals surface area contributed by atoms with Crippen molar-refractivity contribution in [3.05, 3.63) is 29.6 Å². The van der Waals surface area contributed by atoms with Gasteiger partial charge >= 0.3 is 5.97 Å². The molecule has 5 nitrogen and oxygen atoms in total. The number of carboxylic acids is 1. The standard InChI is InChI=1S/C15H16FNO4/c1-3-15(4-2)8-11(18)17(14(15)21)12-9(13(19)20)6-5-7-10(12)16/h5-7H,3-4,8H2,1-2H3,(H,19,20). The van der Waals surface area contributed by atoms with Crippen LogP contribution >= 0.6 is 0 Å². The first-order valence-corrected chi connectivity index (χ1v) is 6.77. The van der Waals surface area contributed by atoms with Gasteiger partial charge in [-0.2, -0.15) is 0 Å². The summed E-state index contributed by atoms with van der Waals surface area (Å²) in [5, 5.41) is 9.15. The van der Waals surface area contributed by atoms with E-state index in [1.807, 2.05) is 0 Å². The molecule has 2 amide bonds. The minimum Gasteiger partial charge on any atom is -0.478 e. The molecule has 0 saturated carbocycles. The van der Waals surface area contributed by atoms with Crippen LogP contribution in [0.15, 0.2) is 18.2 Å². The van der Waals surface area contributed by atoms with E-state index < -0.39 is 34.7 Å². The number of aromatic carboxylic acids is 1. The SMILES string of the molecule is CCC1(CC)CC(=O)N(c2c(F)cccc2C(=O)O)C1=O. The molecule has 0 unspecified atom stereocenters. The van der Waals surface area contributed by atoms with Gasteiger partial charge < -0.3 is 5.11 Å². The van der Waals surface area contributed by atoms with Crippen LogP contribution in [0.4, 0.5) is 10.1 Å². The summed E-state index contributed by atoms with van der Waals surface area (Å²) in [4.78, 5) is 36.7. The summed E-state index contributed by atoms with van der Waals surface area (Å²) in [6.45, 7) is 3.58. The maximum absolute atomic E-state index is 14.1. The monoisotopic (exact) mass is 293 g/mol. The lowest BCUT2D eigenvalue weighted by atomic mass is 9.81. The van der Waals surface area contributed by atoms with E-state index in [2.05, 4.69) is 0 Å². The largest absolute Gasteiger partial charge is 0.478 e. The summed E-state index contributed by atoms with van der Waals surface area (Å²) in [7, 11) is 0. The highest BCUT2D eigenvalue weighted by atomic mass is 19.1. The number of benzene rings is 1. The van der Waals surface area contributed by atoms with E-state index in [1.165, 1.54) is 12.1 Å². The molecule has 1 N–H and O–H groups in total. The van der Waals surface area contributed by atoms with E-state index in [0.717, 1.165) is 6.07 Å². The van der Waals surface area contributed by atoms with Crippen molar-refractivity contribution in [3.63, 3.8) is 0 Å². The van der Waals surface area contributed by atoms with Crippen LogP contribution in [-0.2, 0) is 9.59 Å². The quantitative estimate of drug-likeness (QED) is 0.866. The van der Waals surface area contributed by atoms with E-state index in [9.17, 15) is 18.8 Å². The number of hydrogen-bond donors (Lipinski definition) is 1. The van der Waals surface area contributed by atoms with Gasteiger partial charge in [-0.25, -0.2) is 14.1 Å². The lowest BCUT2D eigenvalue weighted by Crippen LogP contribution is -2.36. The smallest absolute Gasteiger partial charge is 0.337 e. The third kappa shape index (κ3) is 2.20. The first kappa shape index (κ1) is 15.2. The molecular formula is C15H16FNO4. The average Bonchev–Trinajstić information content (AvgIpc) is 2.70. The van der Waals surface area contributed by atoms with Crippen molar-refractivity contribution in [1.29, 1.82) is 0 Å². The predicted octanol–water partition coefficient (Wildman–Crippen LogP) is 2.59. The number of nitrogens with zero attached hydrogens (tertiary/aromatic N) is 1. The van der Waals surface area contributed by atoms with Crippen molar-refractivity contribution < 1.29 is 23.9 Å². The van der Waals surface area contributed by atoms with Crippen LogP contribution in [0, 0.1) is 11.2 Å². The minimum atomic E-state index is -1.38. The van der Waals surface area contributed by atoms with E-state index in [4.69, 9.17) is 5.11 Å². The van der Waals surface area contributed by atoms with Crippen LogP contribution in [0.3, 0.4) is 0 Å². The fourth-order valence-electron chi connectivity index (χ4n) is 2.74. The second kappa shape index (κ2) is 5.27. The molecule has 112 valence electrons. The van der Waals surface area contributed by atoms with Crippen LogP contribution in [0.1, 0.15) is 43.5 Å². The summed E-state index contributed by atoms with van der Waals surface area (Å²) in [5.41, 5.74) is -1.71. The Morgan fingerprint density at radius 1 is 1.33 bits per heavy atom. The minimum absolute atomic E-state index is 0.0216.